The first-order chi connectivity index (χ1) is 8.47. The molecule has 4 N–H and O–H groups in total. The zero-order valence-corrected chi connectivity index (χ0v) is 9.96. The van der Waals surface area contributed by atoms with Gasteiger partial charge in [-0.05, 0) is 6.07 Å². The van der Waals surface area contributed by atoms with E-state index in [2.05, 4.69) is 5.10 Å². The highest BCUT2D eigenvalue weighted by molar-refractivity contribution is 5.97. The fourth-order valence-corrected chi connectivity index (χ4v) is 2.20. The second-order valence-electron chi connectivity index (χ2n) is 4.27. The van der Waals surface area contributed by atoms with Gasteiger partial charge in [0.05, 0.1) is 5.69 Å². The van der Waals surface area contributed by atoms with E-state index in [4.69, 9.17) is 11.5 Å². The maximum atomic E-state index is 11.8. The molecule has 2 amide bonds. The van der Waals surface area contributed by atoms with E-state index in [9.17, 15) is 9.59 Å². The van der Waals surface area contributed by atoms with Crippen LogP contribution in [0.3, 0.4) is 0 Å². The van der Waals surface area contributed by atoms with Crippen LogP contribution in [-0.4, -0.2) is 21.6 Å². The van der Waals surface area contributed by atoms with Crippen LogP contribution in [0.2, 0.25) is 0 Å². The second-order valence-corrected chi connectivity index (χ2v) is 4.27. The summed E-state index contributed by atoms with van der Waals surface area (Å²) in [5.74, 6) is -1.08. The molecule has 1 atom stereocenters. The number of aromatic nitrogens is 2. The van der Waals surface area contributed by atoms with E-state index < -0.39 is 17.2 Å². The maximum Gasteiger partial charge on any atom is 0.244 e. The average molecular weight is 246 g/mol. The summed E-state index contributed by atoms with van der Waals surface area (Å²) in [6.07, 6.45) is 6.64. The topological polar surface area (TPSA) is 104 Å². The van der Waals surface area contributed by atoms with Crippen molar-refractivity contribution in [3.63, 3.8) is 0 Å². The Labute approximate surface area is 104 Å². The lowest BCUT2D eigenvalue weighted by atomic mass is 9.74. The van der Waals surface area contributed by atoms with Crippen LogP contribution < -0.4 is 11.5 Å². The number of allylic oxidation sites excluding steroid dienone is 2. The summed E-state index contributed by atoms with van der Waals surface area (Å²) >= 11 is 0. The summed E-state index contributed by atoms with van der Waals surface area (Å²) < 4.78 is 1.57. The Hall–Kier alpha value is -2.37. The second kappa shape index (κ2) is 4.14. The highest BCUT2D eigenvalue weighted by Gasteiger charge is 2.41. The van der Waals surface area contributed by atoms with Crippen LogP contribution in [0.15, 0.2) is 36.1 Å². The molecule has 1 heterocycles. The van der Waals surface area contributed by atoms with E-state index >= 15 is 0 Å². The molecule has 1 aromatic heterocycles. The van der Waals surface area contributed by atoms with Crippen molar-refractivity contribution >= 4 is 11.8 Å². The van der Waals surface area contributed by atoms with Crippen molar-refractivity contribution in [1.82, 2.24) is 9.78 Å². The zero-order valence-electron chi connectivity index (χ0n) is 9.96. The van der Waals surface area contributed by atoms with Crippen molar-refractivity contribution in [1.29, 1.82) is 0 Å². The molecule has 0 saturated heterocycles. The highest BCUT2D eigenvalue weighted by atomic mass is 16.2. The number of primary amides is 2. The molecule has 0 radical (unpaired) electrons. The third kappa shape index (κ3) is 1.71. The summed E-state index contributed by atoms with van der Waals surface area (Å²) in [5, 5.41) is 4.03. The van der Waals surface area contributed by atoms with Gasteiger partial charge in [-0.2, -0.15) is 5.10 Å². The maximum absolute atomic E-state index is 11.8. The first-order valence-electron chi connectivity index (χ1n) is 5.44. The Kier molecular flexibility index (Phi) is 2.78. The van der Waals surface area contributed by atoms with Crippen LogP contribution in [0.25, 0.3) is 0 Å². The summed E-state index contributed by atoms with van der Waals surface area (Å²) in [6.45, 7) is 0. The van der Waals surface area contributed by atoms with Gasteiger partial charge >= 0.3 is 0 Å². The van der Waals surface area contributed by atoms with Gasteiger partial charge in [-0.25, -0.2) is 0 Å². The summed E-state index contributed by atoms with van der Waals surface area (Å²) in [6, 6.07) is 1.71. The first-order valence-corrected chi connectivity index (χ1v) is 5.44. The lowest BCUT2D eigenvalue weighted by Crippen LogP contribution is -2.43. The number of hydrogen-bond donors (Lipinski definition) is 2. The van der Waals surface area contributed by atoms with E-state index in [0.717, 1.165) is 0 Å². The van der Waals surface area contributed by atoms with E-state index in [1.165, 1.54) is 0 Å². The third-order valence-corrected chi connectivity index (χ3v) is 3.18. The smallest absolute Gasteiger partial charge is 0.244 e. The van der Waals surface area contributed by atoms with Crippen molar-refractivity contribution in [2.75, 3.05) is 0 Å². The number of amides is 2. The number of rotatable bonds is 3. The van der Waals surface area contributed by atoms with E-state index in [1.807, 2.05) is 0 Å². The van der Waals surface area contributed by atoms with E-state index in [1.54, 1.807) is 42.2 Å². The van der Waals surface area contributed by atoms with Gasteiger partial charge in [-0.3, -0.25) is 14.3 Å². The Morgan fingerprint density at radius 3 is 2.67 bits per heavy atom. The summed E-state index contributed by atoms with van der Waals surface area (Å²) in [4.78, 5) is 23.1. The number of nitrogens with zero attached hydrogens (tertiary/aromatic N) is 2. The van der Waals surface area contributed by atoms with Crippen molar-refractivity contribution in [3.05, 3.63) is 41.8 Å². The number of carbonyl (C=O) groups is 2. The zero-order chi connectivity index (χ0) is 13.3. The predicted molar refractivity (Wildman–Crippen MR) is 65.1 cm³/mol. The Bertz CT molecular complexity index is 570. The van der Waals surface area contributed by atoms with Gasteiger partial charge in [0.15, 0.2) is 0 Å². The standard InChI is InChI=1S/C12H14N4O2/c1-16-9(4-6-15-16)12(11(14)18)5-2-3-8(7-12)10(13)17/h2-6H,7H2,1H3,(H2,13,17)(H2,14,18). The number of aryl methyl sites for hydroxylation is 1. The molecule has 0 bridgehead atoms. The quantitative estimate of drug-likeness (QED) is 0.752. The molecule has 1 aromatic rings. The fourth-order valence-electron chi connectivity index (χ4n) is 2.20. The lowest BCUT2D eigenvalue weighted by Gasteiger charge is -2.29. The van der Waals surface area contributed by atoms with Crippen molar-refractivity contribution in [2.45, 2.75) is 11.8 Å². The molecule has 6 heteroatoms. The lowest BCUT2D eigenvalue weighted by molar-refractivity contribution is -0.122. The van der Waals surface area contributed by atoms with Gasteiger partial charge < -0.3 is 11.5 Å². The normalized spacial score (nSPS) is 22.6. The SMILES string of the molecule is Cn1nccc1C1(C(N)=O)C=CC=C(C(N)=O)C1. The molecule has 0 spiro atoms. The van der Waals surface area contributed by atoms with Gasteiger partial charge in [0.25, 0.3) is 0 Å². The van der Waals surface area contributed by atoms with Gasteiger partial charge in [-0.15, -0.1) is 0 Å². The van der Waals surface area contributed by atoms with Gasteiger partial charge in [0.1, 0.15) is 5.41 Å². The van der Waals surface area contributed by atoms with E-state index in [0.29, 0.717) is 11.3 Å². The number of carbonyl (C=O) groups excluding carboxylic acids is 2. The van der Waals surface area contributed by atoms with Crippen LogP contribution in [0.5, 0.6) is 0 Å². The third-order valence-electron chi connectivity index (χ3n) is 3.18. The highest BCUT2D eigenvalue weighted by Crippen LogP contribution is 2.35. The predicted octanol–water partition coefficient (Wildman–Crippen LogP) is -0.485. The van der Waals surface area contributed by atoms with Crippen LogP contribution >= 0.6 is 0 Å². The molecule has 94 valence electrons. The number of hydrogen-bond acceptors (Lipinski definition) is 3. The molecule has 1 unspecified atom stereocenters. The Morgan fingerprint density at radius 2 is 2.17 bits per heavy atom. The van der Waals surface area contributed by atoms with Crippen LogP contribution in [0, 0.1) is 0 Å². The Balaban J connectivity index is 2.53. The molecular weight excluding hydrogens is 232 g/mol. The van der Waals surface area contributed by atoms with Crippen molar-refractivity contribution in [3.8, 4) is 0 Å². The van der Waals surface area contributed by atoms with Crippen LogP contribution in [0.4, 0.5) is 0 Å². The molecule has 0 aromatic carbocycles. The Morgan fingerprint density at radius 1 is 1.44 bits per heavy atom. The van der Waals surface area contributed by atoms with Gasteiger partial charge in [0.2, 0.25) is 11.8 Å². The largest absolute Gasteiger partial charge is 0.369 e. The van der Waals surface area contributed by atoms with Crippen molar-refractivity contribution < 1.29 is 9.59 Å². The van der Waals surface area contributed by atoms with E-state index in [-0.39, 0.29) is 6.42 Å². The molecule has 0 saturated carbocycles. The van der Waals surface area contributed by atoms with Crippen LogP contribution in [0.1, 0.15) is 12.1 Å². The molecule has 1 aliphatic rings. The molecule has 0 aliphatic heterocycles. The molecule has 18 heavy (non-hydrogen) atoms. The molecule has 6 nitrogen and oxygen atoms in total. The van der Waals surface area contributed by atoms with Gasteiger partial charge in [-0.1, -0.05) is 18.2 Å². The fraction of sp³-hybridized carbons (Fsp3) is 0.250. The van der Waals surface area contributed by atoms with Gasteiger partial charge in [0, 0.05) is 25.2 Å². The van der Waals surface area contributed by atoms with Crippen molar-refractivity contribution in [2.24, 2.45) is 18.5 Å². The minimum atomic E-state index is -1.07. The number of nitrogens with two attached hydrogens (primary N) is 2. The summed E-state index contributed by atoms with van der Waals surface area (Å²) in [5.41, 5.74) is 10.7. The molecule has 2 rings (SSSR count). The van der Waals surface area contributed by atoms with Crippen LogP contribution in [-0.2, 0) is 22.1 Å². The monoisotopic (exact) mass is 246 g/mol. The molecular formula is C12H14N4O2. The molecule has 0 fully saturated rings. The summed E-state index contributed by atoms with van der Waals surface area (Å²) in [7, 11) is 1.72. The first kappa shape index (κ1) is 12.1. The molecule has 1 aliphatic carbocycles. The minimum absolute atomic E-state index is 0.160. The minimum Gasteiger partial charge on any atom is -0.369 e. The average Bonchev–Trinajstić information content (AvgIpc) is 2.75.